The molecule has 0 saturated heterocycles. The molecule has 0 radical (unpaired) electrons. The molecule has 3 aromatic carbocycles. The van der Waals surface area contributed by atoms with Gasteiger partial charge in [-0.3, -0.25) is 4.79 Å². The van der Waals surface area contributed by atoms with Gasteiger partial charge in [0, 0.05) is 11.1 Å². The lowest BCUT2D eigenvalue weighted by Gasteiger charge is -2.22. The normalized spacial score (nSPS) is 11.5. The van der Waals surface area contributed by atoms with E-state index in [9.17, 15) is 13.2 Å². The lowest BCUT2D eigenvalue weighted by atomic mass is 10.1. The van der Waals surface area contributed by atoms with Crippen molar-refractivity contribution in [2.75, 3.05) is 24.6 Å². The van der Waals surface area contributed by atoms with Crippen molar-refractivity contribution in [3.63, 3.8) is 0 Å². The predicted octanol–water partition coefficient (Wildman–Crippen LogP) is 6.61. The number of nitrogens with zero attached hydrogens (tertiary/aromatic N) is 1. The van der Waals surface area contributed by atoms with Crippen LogP contribution in [-0.2, 0) is 14.8 Å². The van der Waals surface area contributed by atoms with Crippen LogP contribution in [0.2, 0.25) is 5.02 Å². The van der Waals surface area contributed by atoms with Gasteiger partial charge in [-0.15, -0.1) is 0 Å². The van der Waals surface area contributed by atoms with E-state index >= 15 is 0 Å². The van der Waals surface area contributed by atoms with Gasteiger partial charge in [0.05, 0.1) is 30.9 Å². The molecule has 0 N–H and O–H groups in total. The molecule has 0 bridgehead atoms. The molecule has 202 valence electrons. The van der Waals surface area contributed by atoms with Crippen molar-refractivity contribution in [3.05, 3.63) is 83.4 Å². The first-order valence-corrected chi connectivity index (χ1v) is 14.0. The van der Waals surface area contributed by atoms with Crippen LogP contribution in [0.3, 0.4) is 0 Å². The van der Waals surface area contributed by atoms with E-state index < -0.39 is 15.9 Å². The largest absolute Gasteiger partial charge is 0.494 e. The van der Waals surface area contributed by atoms with Gasteiger partial charge in [-0.1, -0.05) is 31.5 Å². The second kappa shape index (κ2) is 13.3. The summed E-state index contributed by atoms with van der Waals surface area (Å²) in [5.41, 5.74) is 0.812. The highest BCUT2D eigenvalue weighted by Crippen LogP contribution is 2.30. The van der Waals surface area contributed by atoms with E-state index in [4.69, 9.17) is 25.8 Å². The Hall–Kier alpha value is -3.49. The van der Waals surface area contributed by atoms with Gasteiger partial charge in [0.2, 0.25) is 0 Å². The number of hydrogen-bond donors (Lipinski definition) is 0. The smallest absolute Gasteiger partial charge is 0.271 e. The number of amides is 1. The first-order chi connectivity index (χ1) is 18.1. The Morgan fingerprint density at radius 1 is 0.974 bits per heavy atom. The zero-order valence-corrected chi connectivity index (χ0v) is 23.5. The minimum atomic E-state index is -4.25. The van der Waals surface area contributed by atoms with Crippen LogP contribution in [0.1, 0.15) is 32.8 Å². The van der Waals surface area contributed by atoms with Crippen molar-refractivity contribution in [2.24, 2.45) is 5.92 Å². The van der Waals surface area contributed by atoms with Crippen molar-refractivity contribution in [3.8, 4) is 17.2 Å². The van der Waals surface area contributed by atoms with E-state index in [1.807, 2.05) is 6.92 Å². The predicted molar refractivity (Wildman–Crippen MR) is 151 cm³/mol. The molecule has 0 saturated carbocycles. The fraction of sp³-hybridized carbons (Fsp3) is 0.276. The fourth-order valence-electron chi connectivity index (χ4n) is 3.49. The molecule has 0 aromatic heterocycles. The molecule has 0 aliphatic heterocycles. The van der Waals surface area contributed by atoms with Gasteiger partial charge < -0.3 is 14.2 Å². The molecule has 0 unspecified atom stereocenters. The Morgan fingerprint density at radius 3 is 2.26 bits per heavy atom. The Labute approximate surface area is 229 Å². The summed E-state index contributed by atoms with van der Waals surface area (Å²) >= 11 is 5.94. The molecule has 3 rings (SSSR count). The first kappa shape index (κ1) is 29.1. The Kier molecular flexibility index (Phi) is 10.2. The molecule has 0 aliphatic carbocycles. The summed E-state index contributed by atoms with van der Waals surface area (Å²) in [5, 5.41) is 0.383. The highest BCUT2D eigenvalue weighted by molar-refractivity contribution is 7.93. The van der Waals surface area contributed by atoms with Gasteiger partial charge in [0.15, 0.2) is 11.5 Å². The van der Waals surface area contributed by atoms with E-state index in [1.165, 1.54) is 55.7 Å². The minimum absolute atomic E-state index is 0.0675. The van der Waals surface area contributed by atoms with Crippen molar-refractivity contribution >= 4 is 39.3 Å². The third-order valence-electron chi connectivity index (χ3n) is 5.49. The van der Waals surface area contributed by atoms with Crippen LogP contribution < -0.4 is 18.5 Å². The van der Waals surface area contributed by atoms with Gasteiger partial charge in [-0.25, -0.2) is 8.42 Å². The molecule has 0 fully saturated rings. The molecule has 0 heterocycles. The third kappa shape index (κ3) is 7.52. The SMILES string of the molecule is CCOc1ccc(N(C(=O)/C=C/c2ccc(OCCC(C)C)c(OC)c2)S(=O)(=O)c2ccc(Cl)cc2)cc1. The van der Waals surface area contributed by atoms with E-state index in [1.54, 1.807) is 30.3 Å². The Balaban J connectivity index is 1.92. The van der Waals surface area contributed by atoms with Crippen LogP contribution in [0.5, 0.6) is 17.2 Å². The second-order valence-electron chi connectivity index (χ2n) is 8.76. The van der Waals surface area contributed by atoms with Gasteiger partial charge >= 0.3 is 0 Å². The number of carbonyl (C=O) groups excluding carboxylic acids is 1. The summed E-state index contributed by atoms with van der Waals surface area (Å²) in [6, 6.07) is 17.2. The molecule has 0 atom stereocenters. The number of carbonyl (C=O) groups is 1. The van der Waals surface area contributed by atoms with Crippen molar-refractivity contribution < 1.29 is 27.4 Å². The summed E-state index contributed by atoms with van der Waals surface area (Å²) in [4.78, 5) is 13.3. The fourth-order valence-corrected chi connectivity index (χ4v) is 5.00. The van der Waals surface area contributed by atoms with Crippen LogP contribution >= 0.6 is 11.6 Å². The number of methoxy groups -OCH3 is 1. The molecule has 1 amide bonds. The van der Waals surface area contributed by atoms with Gasteiger partial charge in [0.1, 0.15) is 5.75 Å². The standard InChI is InChI=1S/C29H32ClNO6S/c1-5-36-25-12-10-24(11-13-25)31(38(33,34)26-14-8-23(30)9-15-26)29(32)17-7-22-6-16-27(28(20-22)35-4)37-19-18-21(2)3/h6-17,20-21H,5,18-19H2,1-4H3/b17-7+. The maximum atomic E-state index is 13.6. The maximum absolute atomic E-state index is 13.6. The molecular formula is C29H32ClNO6S. The Morgan fingerprint density at radius 2 is 1.66 bits per heavy atom. The summed E-state index contributed by atoms with van der Waals surface area (Å²) in [6.45, 7) is 7.10. The van der Waals surface area contributed by atoms with Crippen molar-refractivity contribution in [1.29, 1.82) is 0 Å². The molecule has 7 nitrogen and oxygen atoms in total. The summed E-state index contributed by atoms with van der Waals surface area (Å²) in [7, 11) is -2.71. The molecule has 38 heavy (non-hydrogen) atoms. The van der Waals surface area contributed by atoms with Crippen molar-refractivity contribution in [2.45, 2.75) is 32.1 Å². The molecule has 9 heteroatoms. The lowest BCUT2D eigenvalue weighted by Crippen LogP contribution is -2.35. The van der Waals surface area contributed by atoms with E-state index in [-0.39, 0.29) is 10.6 Å². The van der Waals surface area contributed by atoms with Crippen LogP contribution in [0.15, 0.2) is 77.7 Å². The van der Waals surface area contributed by atoms with Crippen LogP contribution in [0.25, 0.3) is 6.08 Å². The zero-order chi connectivity index (χ0) is 27.7. The second-order valence-corrected chi connectivity index (χ2v) is 11.0. The topological polar surface area (TPSA) is 82.1 Å². The number of rotatable bonds is 12. The molecule has 0 spiro atoms. The maximum Gasteiger partial charge on any atom is 0.271 e. The molecule has 0 aliphatic rings. The average molecular weight is 558 g/mol. The molecular weight excluding hydrogens is 526 g/mol. The highest BCUT2D eigenvalue weighted by Gasteiger charge is 2.30. The van der Waals surface area contributed by atoms with Crippen LogP contribution in [-0.4, -0.2) is 34.6 Å². The average Bonchev–Trinajstić information content (AvgIpc) is 2.89. The number of sulfonamides is 1. The lowest BCUT2D eigenvalue weighted by molar-refractivity contribution is -0.113. The monoisotopic (exact) mass is 557 g/mol. The number of ether oxygens (including phenoxy) is 3. The highest BCUT2D eigenvalue weighted by atomic mass is 35.5. The quantitative estimate of drug-likeness (QED) is 0.233. The zero-order valence-electron chi connectivity index (χ0n) is 21.9. The number of benzene rings is 3. The summed E-state index contributed by atoms with van der Waals surface area (Å²) in [6.07, 6.45) is 3.64. The first-order valence-electron chi connectivity index (χ1n) is 12.2. The minimum Gasteiger partial charge on any atom is -0.494 e. The summed E-state index contributed by atoms with van der Waals surface area (Å²) < 4.78 is 44.6. The number of anilines is 1. The third-order valence-corrected chi connectivity index (χ3v) is 7.48. The van der Waals surface area contributed by atoms with Crippen LogP contribution in [0, 0.1) is 5.92 Å². The van der Waals surface area contributed by atoms with Gasteiger partial charge in [-0.05, 0) is 91.6 Å². The molecule has 3 aromatic rings. The van der Waals surface area contributed by atoms with Gasteiger partial charge in [-0.2, -0.15) is 4.31 Å². The van der Waals surface area contributed by atoms with E-state index in [0.717, 1.165) is 10.7 Å². The number of halogens is 1. The number of hydrogen-bond acceptors (Lipinski definition) is 6. The Bertz CT molecular complexity index is 1350. The van der Waals surface area contributed by atoms with Crippen molar-refractivity contribution in [1.82, 2.24) is 0 Å². The van der Waals surface area contributed by atoms with E-state index in [0.29, 0.717) is 47.0 Å². The van der Waals surface area contributed by atoms with E-state index in [2.05, 4.69) is 13.8 Å². The van der Waals surface area contributed by atoms with Gasteiger partial charge in [0.25, 0.3) is 15.9 Å². The van der Waals surface area contributed by atoms with Crippen LogP contribution in [0.4, 0.5) is 5.69 Å². The summed E-state index contributed by atoms with van der Waals surface area (Å²) in [5.74, 6) is 1.43.